The highest BCUT2D eigenvalue weighted by Crippen LogP contribution is 2.26. The van der Waals surface area contributed by atoms with Crippen molar-refractivity contribution in [3.05, 3.63) is 41.2 Å². The quantitative estimate of drug-likeness (QED) is 0.555. The molecule has 0 aliphatic rings. The summed E-state index contributed by atoms with van der Waals surface area (Å²) < 4.78 is 24.6. The van der Waals surface area contributed by atoms with Crippen LogP contribution in [0.15, 0.2) is 34.3 Å². The van der Waals surface area contributed by atoms with Crippen molar-refractivity contribution in [2.45, 2.75) is 42.5 Å². The molecule has 8 heteroatoms. The van der Waals surface area contributed by atoms with Crippen molar-refractivity contribution >= 4 is 35.1 Å². The monoisotopic (exact) mass is 383 g/mol. The van der Waals surface area contributed by atoms with Gasteiger partial charge >= 0.3 is 0 Å². The first kappa shape index (κ1) is 19.7. The first-order chi connectivity index (χ1) is 11.9. The van der Waals surface area contributed by atoms with Crippen molar-refractivity contribution in [2.24, 2.45) is 0 Å². The zero-order valence-corrected chi connectivity index (χ0v) is 15.8. The average Bonchev–Trinajstić information content (AvgIpc) is 2.55. The van der Waals surface area contributed by atoms with Crippen molar-refractivity contribution in [3.63, 3.8) is 0 Å². The zero-order valence-electron chi connectivity index (χ0n) is 14.2. The molecule has 0 saturated carbocycles. The maximum Gasteiger partial charge on any atom is 0.288 e. The van der Waals surface area contributed by atoms with Gasteiger partial charge in [0.2, 0.25) is 5.91 Å². The lowest BCUT2D eigenvalue weighted by molar-refractivity contribution is -0.116. The number of anilines is 1. The van der Waals surface area contributed by atoms with Crippen LogP contribution < -0.4 is 5.32 Å². The van der Waals surface area contributed by atoms with E-state index in [9.17, 15) is 13.6 Å². The van der Waals surface area contributed by atoms with E-state index < -0.39 is 5.76 Å². The molecule has 1 aromatic carbocycles. The summed E-state index contributed by atoms with van der Waals surface area (Å²) in [6.45, 7) is 3.84. The van der Waals surface area contributed by atoms with Crippen LogP contribution in [0.25, 0.3) is 0 Å². The number of hydrogen-bond acceptors (Lipinski definition) is 5. The SMILES string of the molecule is CSc1nc(C)c(CCC(=O)Nc2ccc(SC(F)F)cc2)c(C)n1. The molecule has 0 unspecified atom stereocenters. The molecule has 0 bridgehead atoms. The van der Waals surface area contributed by atoms with Crippen LogP contribution in [0.1, 0.15) is 23.4 Å². The Hall–Kier alpha value is -1.67. The van der Waals surface area contributed by atoms with E-state index in [0.29, 0.717) is 35.2 Å². The van der Waals surface area contributed by atoms with Crippen molar-refractivity contribution in [1.29, 1.82) is 0 Å². The first-order valence-corrected chi connectivity index (χ1v) is 9.72. The lowest BCUT2D eigenvalue weighted by Crippen LogP contribution is -2.13. The van der Waals surface area contributed by atoms with E-state index in [1.54, 1.807) is 24.3 Å². The summed E-state index contributed by atoms with van der Waals surface area (Å²) >= 11 is 1.96. The van der Waals surface area contributed by atoms with Gasteiger partial charge in [-0.1, -0.05) is 23.5 Å². The van der Waals surface area contributed by atoms with Gasteiger partial charge in [0.25, 0.3) is 5.76 Å². The lowest BCUT2D eigenvalue weighted by atomic mass is 10.1. The van der Waals surface area contributed by atoms with E-state index in [-0.39, 0.29) is 5.91 Å². The van der Waals surface area contributed by atoms with Gasteiger partial charge in [0.05, 0.1) is 0 Å². The number of nitrogens with zero attached hydrogens (tertiary/aromatic N) is 2. The predicted octanol–water partition coefficient (Wildman–Crippen LogP) is 4.70. The van der Waals surface area contributed by atoms with Gasteiger partial charge in [0.1, 0.15) is 0 Å². The Morgan fingerprint density at radius 3 is 2.28 bits per heavy atom. The summed E-state index contributed by atoms with van der Waals surface area (Å²) in [7, 11) is 0. The van der Waals surface area contributed by atoms with Crippen LogP contribution in [-0.2, 0) is 11.2 Å². The molecule has 134 valence electrons. The Bertz CT molecular complexity index is 716. The summed E-state index contributed by atoms with van der Waals surface area (Å²) in [6.07, 6.45) is 2.78. The second kappa shape index (κ2) is 9.15. The second-order valence-corrected chi connectivity index (χ2v) is 7.15. The van der Waals surface area contributed by atoms with Crippen LogP contribution >= 0.6 is 23.5 Å². The van der Waals surface area contributed by atoms with E-state index in [4.69, 9.17) is 0 Å². The Labute approximate surface area is 154 Å². The third-order valence-electron chi connectivity index (χ3n) is 3.55. The minimum absolute atomic E-state index is 0.137. The van der Waals surface area contributed by atoms with Crippen LogP contribution in [0.2, 0.25) is 0 Å². The third kappa shape index (κ3) is 5.97. The fourth-order valence-electron chi connectivity index (χ4n) is 2.34. The molecule has 0 aliphatic heterocycles. The Kier molecular flexibility index (Phi) is 7.19. The Balaban J connectivity index is 1.93. The van der Waals surface area contributed by atoms with E-state index in [1.165, 1.54) is 11.8 Å². The van der Waals surface area contributed by atoms with Crippen LogP contribution in [0, 0.1) is 13.8 Å². The topological polar surface area (TPSA) is 54.9 Å². The molecule has 1 aromatic heterocycles. The van der Waals surface area contributed by atoms with Gasteiger partial charge in [-0.15, -0.1) is 0 Å². The zero-order chi connectivity index (χ0) is 18.4. The number of nitrogens with one attached hydrogen (secondary N) is 1. The molecule has 0 saturated heterocycles. The van der Waals surface area contributed by atoms with Gasteiger partial charge in [-0.2, -0.15) is 8.78 Å². The Morgan fingerprint density at radius 2 is 1.76 bits per heavy atom. The third-order valence-corrected chi connectivity index (χ3v) is 4.82. The van der Waals surface area contributed by atoms with Gasteiger partial charge in [0, 0.05) is 28.4 Å². The molecule has 4 nitrogen and oxygen atoms in total. The van der Waals surface area contributed by atoms with Crippen LogP contribution in [0.5, 0.6) is 0 Å². The minimum Gasteiger partial charge on any atom is -0.326 e. The number of thioether (sulfide) groups is 2. The number of amides is 1. The van der Waals surface area contributed by atoms with Crippen LogP contribution in [-0.4, -0.2) is 27.9 Å². The van der Waals surface area contributed by atoms with E-state index in [0.717, 1.165) is 22.1 Å². The van der Waals surface area contributed by atoms with Gasteiger partial charge in [-0.3, -0.25) is 4.79 Å². The average molecular weight is 383 g/mol. The summed E-state index contributed by atoms with van der Waals surface area (Å²) in [5, 5.41) is 3.50. The fourth-order valence-corrected chi connectivity index (χ4v) is 3.30. The summed E-state index contributed by atoms with van der Waals surface area (Å²) in [6, 6.07) is 6.37. The number of aryl methyl sites for hydroxylation is 2. The molecule has 1 heterocycles. The number of benzene rings is 1. The van der Waals surface area contributed by atoms with Gasteiger partial charge < -0.3 is 5.32 Å². The van der Waals surface area contributed by atoms with E-state index in [2.05, 4.69) is 15.3 Å². The molecular weight excluding hydrogens is 364 g/mol. The molecule has 0 atom stereocenters. The smallest absolute Gasteiger partial charge is 0.288 e. The first-order valence-electron chi connectivity index (χ1n) is 7.62. The number of aromatic nitrogens is 2. The molecule has 0 aliphatic carbocycles. The van der Waals surface area contributed by atoms with Gasteiger partial charge in [-0.05, 0) is 56.4 Å². The molecule has 1 amide bonds. The summed E-state index contributed by atoms with van der Waals surface area (Å²) in [5.74, 6) is -2.59. The molecular formula is C17H19F2N3OS2. The van der Waals surface area contributed by atoms with Crippen molar-refractivity contribution in [2.75, 3.05) is 11.6 Å². The standard InChI is InChI=1S/C17H19F2N3OS2/c1-10-14(11(2)21-17(20-10)24-3)8-9-15(23)22-12-4-6-13(7-5-12)25-16(18)19/h4-7,16H,8-9H2,1-3H3,(H,22,23). The number of halogens is 2. The number of rotatable bonds is 7. The fraction of sp³-hybridized carbons (Fsp3) is 0.353. The predicted molar refractivity (Wildman–Crippen MR) is 98.5 cm³/mol. The highest BCUT2D eigenvalue weighted by atomic mass is 32.2. The van der Waals surface area contributed by atoms with E-state index >= 15 is 0 Å². The molecule has 0 spiro atoms. The highest BCUT2D eigenvalue weighted by Gasteiger charge is 2.11. The Morgan fingerprint density at radius 1 is 1.16 bits per heavy atom. The highest BCUT2D eigenvalue weighted by molar-refractivity contribution is 7.99. The largest absolute Gasteiger partial charge is 0.326 e. The lowest BCUT2D eigenvalue weighted by Gasteiger charge is -2.10. The molecule has 25 heavy (non-hydrogen) atoms. The second-order valence-electron chi connectivity index (χ2n) is 5.31. The number of carbonyl (C=O) groups is 1. The number of alkyl halides is 2. The maximum absolute atomic E-state index is 12.3. The number of hydrogen-bond donors (Lipinski definition) is 1. The number of carbonyl (C=O) groups excluding carboxylic acids is 1. The molecule has 1 N–H and O–H groups in total. The molecule has 0 fully saturated rings. The van der Waals surface area contributed by atoms with Gasteiger partial charge in [-0.25, -0.2) is 9.97 Å². The van der Waals surface area contributed by atoms with E-state index in [1.807, 2.05) is 20.1 Å². The molecule has 2 aromatic rings. The molecule has 2 rings (SSSR count). The summed E-state index contributed by atoms with van der Waals surface area (Å²) in [4.78, 5) is 21.4. The van der Waals surface area contributed by atoms with Gasteiger partial charge in [0.15, 0.2) is 5.16 Å². The van der Waals surface area contributed by atoms with Crippen molar-refractivity contribution in [1.82, 2.24) is 9.97 Å². The minimum atomic E-state index is -2.45. The summed E-state index contributed by atoms with van der Waals surface area (Å²) in [5.41, 5.74) is 3.35. The maximum atomic E-state index is 12.3. The normalized spacial score (nSPS) is 11.0. The van der Waals surface area contributed by atoms with Crippen molar-refractivity contribution in [3.8, 4) is 0 Å². The molecule has 0 radical (unpaired) electrons. The van der Waals surface area contributed by atoms with Crippen LogP contribution in [0.4, 0.5) is 14.5 Å². The van der Waals surface area contributed by atoms with Crippen molar-refractivity contribution < 1.29 is 13.6 Å². The van der Waals surface area contributed by atoms with Crippen LogP contribution in [0.3, 0.4) is 0 Å².